The quantitative estimate of drug-likeness (QED) is 0.785. The lowest BCUT2D eigenvalue weighted by atomic mass is 10.2. The van der Waals surface area contributed by atoms with Crippen molar-refractivity contribution < 1.29 is 4.79 Å². The molecule has 3 aromatic rings. The van der Waals surface area contributed by atoms with Gasteiger partial charge in [-0.25, -0.2) is 0 Å². The molecule has 3 rings (SSSR count). The Morgan fingerprint density at radius 2 is 1.96 bits per heavy atom. The smallest absolute Gasteiger partial charge is 0.255 e. The van der Waals surface area contributed by atoms with Gasteiger partial charge in [0.25, 0.3) is 5.91 Å². The van der Waals surface area contributed by atoms with Crippen LogP contribution in [0.4, 0.5) is 11.4 Å². The molecule has 0 bridgehead atoms. The maximum atomic E-state index is 12.3. The third-order valence-corrected chi connectivity index (χ3v) is 3.59. The molecule has 0 unspecified atom stereocenters. The number of amides is 1. The molecule has 0 atom stereocenters. The van der Waals surface area contributed by atoms with Crippen LogP contribution in [0.5, 0.6) is 0 Å². The Labute approximate surface area is 140 Å². The van der Waals surface area contributed by atoms with Crippen LogP contribution in [0.2, 0.25) is 0 Å². The van der Waals surface area contributed by atoms with E-state index in [0.29, 0.717) is 17.8 Å². The fourth-order valence-corrected chi connectivity index (χ4v) is 2.29. The molecule has 0 saturated carbocycles. The Balaban J connectivity index is 1.64. The van der Waals surface area contributed by atoms with Crippen molar-refractivity contribution in [3.63, 3.8) is 0 Å². The lowest BCUT2D eigenvalue weighted by Crippen LogP contribution is -2.12. The van der Waals surface area contributed by atoms with Crippen LogP contribution < -0.4 is 10.2 Å². The Hall–Kier alpha value is -3.15. The molecule has 2 heterocycles. The van der Waals surface area contributed by atoms with E-state index in [2.05, 4.69) is 15.4 Å². The Bertz CT molecular complexity index is 809. The summed E-state index contributed by atoms with van der Waals surface area (Å²) in [7, 11) is 3.93. The molecular weight excluding hydrogens is 302 g/mol. The van der Waals surface area contributed by atoms with Crippen molar-refractivity contribution in [3.05, 3.63) is 72.3 Å². The van der Waals surface area contributed by atoms with Crippen molar-refractivity contribution in [1.82, 2.24) is 14.8 Å². The second-order valence-corrected chi connectivity index (χ2v) is 5.64. The maximum absolute atomic E-state index is 12.3. The van der Waals surface area contributed by atoms with Crippen LogP contribution in [0.15, 0.2) is 61.1 Å². The number of carbonyl (C=O) groups is 1. The standard InChI is InChI=1S/C18H19N5O/c1-22(2)17-8-6-14(7-9-17)18(24)21-16-11-20-23(13-16)12-15-5-3-4-10-19-15/h3-11,13H,12H2,1-2H3,(H,21,24). The third kappa shape index (κ3) is 3.78. The average molecular weight is 321 g/mol. The van der Waals surface area contributed by atoms with E-state index in [1.807, 2.05) is 61.5 Å². The molecule has 1 aromatic carbocycles. The van der Waals surface area contributed by atoms with E-state index in [-0.39, 0.29) is 5.91 Å². The summed E-state index contributed by atoms with van der Waals surface area (Å²) in [6.07, 6.45) is 5.18. The van der Waals surface area contributed by atoms with Gasteiger partial charge in [0, 0.05) is 37.7 Å². The monoisotopic (exact) mass is 321 g/mol. The highest BCUT2D eigenvalue weighted by atomic mass is 16.1. The van der Waals surface area contributed by atoms with E-state index in [0.717, 1.165) is 11.4 Å². The van der Waals surface area contributed by atoms with Gasteiger partial charge in [0.05, 0.1) is 24.1 Å². The minimum atomic E-state index is -0.155. The molecule has 0 aliphatic heterocycles. The molecule has 6 nitrogen and oxygen atoms in total. The van der Waals surface area contributed by atoms with Crippen LogP contribution >= 0.6 is 0 Å². The first kappa shape index (κ1) is 15.7. The largest absolute Gasteiger partial charge is 0.378 e. The molecule has 0 aliphatic rings. The summed E-state index contributed by atoms with van der Waals surface area (Å²) in [5.41, 5.74) is 3.23. The van der Waals surface area contributed by atoms with E-state index >= 15 is 0 Å². The number of nitrogens with one attached hydrogen (secondary N) is 1. The Morgan fingerprint density at radius 1 is 1.17 bits per heavy atom. The summed E-state index contributed by atoms with van der Waals surface area (Å²) in [6.45, 7) is 0.564. The van der Waals surface area contributed by atoms with E-state index < -0.39 is 0 Å². The molecule has 122 valence electrons. The molecule has 0 aliphatic carbocycles. The Morgan fingerprint density at radius 3 is 2.62 bits per heavy atom. The normalized spacial score (nSPS) is 10.4. The SMILES string of the molecule is CN(C)c1ccc(C(=O)Nc2cnn(Cc3ccccn3)c2)cc1. The zero-order valence-electron chi connectivity index (χ0n) is 13.7. The van der Waals surface area contributed by atoms with E-state index in [1.165, 1.54) is 0 Å². The summed E-state index contributed by atoms with van der Waals surface area (Å²) < 4.78 is 1.74. The van der Waals surface area contributed by atoms with Gasteiger partial charge in [0.2, 0.25) is 0 Å². The summed E-state index contributed by atoms with van der Waals surface area (Å²) in [4.78, 5) is 18.5. The van der Waals surface area contributed by atoms with E-state index in [1.54, 1.807) is 23.3 Å². The zero-order chi connectivity index (χ0) is 16.9. The van der Waals surface area contributed by atoms with Gasteiger partial charge in [-0.2, -0.15) is 5.10 Å². The minimum Gasteiger partial charge on any atom is -0.378 e. The molecular formula is C18H19N5O. The summed E-state index contributed by atoms with van der Waals surface area (Å²) in [6, 6.07) is 13.2. The van der Waals surface area contributed by atoms with Crippen molar-refractivity contribution >= 4 is 17.3 Å². The zero-order valence-corrected chi connectivity index (χ0v) is 13.7. The molecule has 6 heteroatoms. The highest BCUT2D eigenvalue weighted by molar-refractivity contribution is 6.04. The van der Waals surface area contributed by atoms with Crippen LogP contribution in [0.1, 0.15) is 16.1 Å². The highest BCUT2D eigenvalue weighted by Gasteiger charge is 2.08. The third-order valence-electron chi connectivity index (χ3n) is 3.59. The van der Waals surface area contributed by atoms with Gasteiger partial charge in [-0.05, 0) is 36.4 Å². The second kappa shape index (κ2) is 6.95. The number of carbonyl (C=O) groups excluding carboxylic acids is 1. The van der Waals surface area contributed by atoms with Crippen LogP contribution in [0.3, 0.4) is 0 Å². The number of benzene rings is 1. The molecule has 1 N–H and O–H groups in total. The van der Waals surface area contributed by atoms with Gasteiger partial charge in [-0.1, -0.05) is 6.07 Å². The van der Waals surface area contributed by atoms with Gasteiger partial charge in [0.1, 0.15) is 0 Å². The summed E-state index contributed by atoms with van der Waals surface area (Å²) in [5, 5.41) is 7.11. The number of hydrogen-bond donors (Lipinski definition) is 1. The van der Waals surface area contributed by atoms with Crippen molar-refractivity contribution in [2.75, 3.05) is 24.3 Å². The fourth-order valence-electron chi connectivity index (χ4n) is 2.29. The van der Waals surface area contributed by atoms with Gasteiger partial charge in [0.15, 0.2) is 0 Å². The van der Waals surface area contributed by atoms with Crippen molar-refractivity contribution in [3.8, 4) is 0 Å². The van der Waals surface area contributed by atoms with Gasteiger partial charge >= 0.3 is 0 Å². The van der Waals surface area contributed by atoms with Crippen LogP contribution in [0, 0.1) is 0 Å². The van der Waals surface area contributed by atoms with E-state index in [4.69, 9.17) is 0 Å². The molecule has 2 aromatic heterocycles. The highest BCUT2D eigenvalue weighted by Crippen LogP contribution is 2.14. The van der Waals surface area contributed by atoms with Crippen molar-refractivity contribution in [2.45, 2.75) is 6.54 Å². The predicted molar refractivity (Wildman–Crippen MR) is 94.3 cm³/mol. The number of anilines is 2. The Kier molecular flexibility index (Phi) is 4.56. The van der Waals surface area contributed by atoms with Crippen molar-refractivity contribution in [2.24, 2.45) is 0 Å². The fraction of sp³-hybridized carbons (Fsp3) is 0.167. The van der Waals surface area contributed by atoms with Crippen LogP contribution in [0.25, 0.3) is 0 Å². The maximum Gasteiger partial charge on any atom is 0.255 e. The van der Waals surface area contributed by atoms with Crippen molar-refractivity contribution in [1.29, 1.82) is 0 Å². The van der Waals surface area contributed by atoms with Crippen LogP contribution in [-0.2, 0) is 6.54 Å². The van der Waals surface area contributed by atoms with E-state index in [9.17, 15) is 4.79 Å². The minimum absolute atomic E-state index is 0.155. The number of rotatable bonds is 5. The lowest BCUT2D eigenvalue weighted by molar-refractivity contribution is 0.102. The topological polar surface area (TPSA) is 63.1 Å². The number of pyridine rings is 1. The second-order valence-electron chi connectivity index (χ2n) is 5.64. The molecule has 0 fully saturated rings. The first-order chi connectivity index (χ1) is 11.6. The summed E-state index contributed by atoms with van der Waals surface area (Å²) in [5.74, 6) is -0.155. The molecule has 1 amide bonds. The first-order valence-electron chi connectivity index (χ1n) is 7.63. The predicted octanol–water partition coefficient (Wildman–Crippen LogP) is 2.64. The molecule has 0 spiro atoms. The lowest BCUT2D eigenvalue weighted by Gasteiger charge is -2.12. The summed E-state index contributed by atoms with van der Waals surface area (Å²) >= 11 is 0. The van der Waals surface area contributed by atoms with Gasteiger partial charge in [-0.15, -0.1) is 0 Å². The molecule has 0 saturated heterocycles. The number of hydrogen-bond acceptors (Lipinski definition) is 4. The molecule has 0 radical (unpaired) electrons. The number of aromatic nitrogens is 3. The average Bonchev–Trinajstić information content (AvgIpc) is 3.02. The first-order valence-corrected chi connectivity index (χ1v) is 7.63. The van der Waals surface area contributed by atoms with Gasteiger partial charge in [-0.3, -0.25) is 14.5 Å². The molecule has 24 heavy (non-hydrogen) atoms. The van der Waals surface area contributed by atoms with Crippen LogP contribution in [-0.4, -0.2) is 34.8 Å². The van der Waals surface area contributed by atoms with Gasteiger partial charge < -0.3 is 10.2 Å². The number of nitrogens with zero attached hydrogens (tertiary/aromatic N) is 4.